The summed E-state index contributed by atoms with van der Waals surface area (Å²) in [7, 11) is 0. The van der Waals surface area contributed by atoms with E-state index in [4.69, 9.17) is 5.11 Å². The maximum absolute atomic E-state index is 11.9. The third kappa shape index (κ3) is 4.41. The minimum absolute atomic E-state index is 0.00337. The number of hydrogen-bond donors (Lipinski definition) is 5. The first-order valence-electron chi connectivity index (χ1n) is 13.5. The number of fused-ring (bicyclic) bond motifs is 5. The number of carbonyl (C=O) groups is 2. The van der Waals surface area contributed by atoms with E-state index in [2.05, 4.69) is 26.1 Å². The Balaban J connectivity index is 1.44. The molecule has 7 nitrogen and oxygen atoms in total. The molecule has 4 aliphatic carbocycles. The molecule has 0 saturated heterocycles. The van der Waals surface area contributed by atoms with Gasteiger partial charge in [0.25, 0.3) is 0 Å². The number of aliphatic carboxylic acids is 1. The van der Waals surface area contributed by atoms with E-state index in [-0.39, 0.29) is 47.7 Å². The van der Waals surface area contributed by atoms with E-state index in [1.54, 1.807) is 0 Å². The van der Waals surface area contributed by atoms with Gasteiger partial charge in [-0.05, 0) is 97.7 Å². The molecule has 4 aliphatic rings. The SMILES string of the molecule is C[C@H](CCNC(=O)CCC(=O)O)[C@H]1CC[C@H]2C3C(O)CC4C[C@@H](O)CC[C@]4(C)[C@H]3C[C@H](O)[C@]12C. The molecule has 4 rings (SSSR count). The van der Waals surface area contributed by atoms with Crippen LogP contribution in [0.1, 0.15) is 85.0 Å². The molecule has 3 unspecified atom stereocenters. The summed E-state index contributed by atoms with van der Waals surface area (Å²) in [6, 6.07) is 0. The second-order valence-electron chi connectivity index (χ2n) is 12.5. The number of nitrogens with one attached hydrogen (secondary N) is 1. The molecule has 1 amide bonds. The number of aliphatic hydroxyl groups is 3. The van der Waals surface area contributed by atoms with E-state index < -0.39 is 12.1 Å². The standard InChI is InChI=1S/C27H45NO6/c1-15(9-11-28-23(32)6-7-24(33)34)18-4-5-19-25-20(14-22(31)27(18,19)3)26(2)10-8-17(29)12-16(26)13-21(25)30/h15-22,25,29-31H,4-14H2,1-3H3,(H,28,32)(H,33,34)/t15-,16?,17+,18-,19+,20+,21?,22+,25?,26+,27-/m1/s1. The van der Waals surface area contributed by atoms with Gasteiger partial charge >= 0.3 is 5.97 Å². The van der Waals surface area contributed by atoms with E-state index in [0.29, 0.717) is 36.1 Å². The molecule has 0 radical (unpaired) electrons. The van der Waals surface area contributed by atoms with Crippen LogP contribution in [0, 0.1) is 46.3 Å². The van der Waals surface area contributed by atoms with Gasteiger partial charge in [0.2, 0.25) is 5.91 Å². The molecule has 0 spiro atoms. The van der Waals surface area contributed by atoms with Crippen LogP contribution in [0.15, 0.2) is 0 Å². The average molecular weight is 480 g/mol. The van der Waals surface area contributed by atoms with E-state index in [1.165, 1.54) is 0 Å². The lowest BCUT2D eigenvalue weighted by Crippen LogP contribution is -2.62. The fraction of sp³-hybridized carbons (Fsp3) is 0.926. The van der Waals surface area contributed by atoms with Crippen LogP contribution in [0.3, 0.4) is 0 Å². The highest BCUT2D eigenvalue weighted by atomic mass is 16.4. The van der Waals surface area contributed by atoms with E-state index in [1.807, 2.05) is 0 Å². The Kier molecular flexibility index (Phi) is 7.39. The van der Waals surface area contributed by atoms with Gasteiger partial charge in [-0.25, -0.2) is 0 Å². The number of carboxylic acids is 1. The van der Waals surface area contributed by atoms with Gasteiger partial charge in [0.05, 0.1) is 24.7 Å². The highest BCUT2D eigenvalue weighted by Crippen LogP contribution is 2.68. The quantitative estimate of drug-likeness (QED) is 0.382. The predicted molar refractivity (Wildman–Crippen MR) is 128 cm³/mol. The summed E-state index contributed by atoms with van der Waals surface area (Å²) < 4.78 is 0. The molecular weight excluding hydrogens is 434 g/mol. The molecule has 0 bridgehead atoms. The first-order valence-corrected chi connectivity index (χ1v) is 13.5. The molecule has 4 fully saturated rings. The Bertz CT molecular complexity index is 774. The van der Waals surface area contributed by atoms with Gasteiger partial charge in [-0.1, -0.05) is 20.8 Å². The Morgan fingerprint density at radius 3 is 2.44 bits per heavy atom. The van der Waals surface area contributed by atoms with Crippen molar-refractivity contribution >= 4 is 11.9 Å². The summed E-state index contributed by atoms with van der Waals surface area (Å²) in [6.45, 7) is 7.32. The Morgan fingerprint density at radius 2 is 1.74 bits per heavy atom. The van der Waals surface area contributed by atoms with Crippen molar-refractivity contribution in [3.8, 4) is 0 Å². The monoisotopic (exact) mass is 479 g/mol. The van der Waals surface area contributed by atoms with Gasteiger partial charge in [0.15, 0.2) is 0 Å². The van der Waals surface area contributed by atoms with Crippen LogP contribution < -0.4 is 5.32 Å². The summed E-state index contributed by atoms with van der Waals surface area (Å²) in [5.41, 5.74) is -0.165. The number of amides is 1. The second kappa shape index (κ2) is 9.70. The molecule has 11 atom stereocenters. The number of aliphatic hydroxyl groups excluding tert-OH is 3. The van der Waals surface area contributed by atoms with Crippen molar-refractivity contribution in [2.45, 2.75) is 103 Å². The third-order valence-electron chi connectivity index (χ3n) is 11.0. The topological polar surface area (TPSA) is 127 Å². The van der Waals surface area contributed by atoms with Gasteiger partial charge in [-0.15, -0.1) is 0 Å². The second-order valence-corrected chi connectivity index (χ2v) is 12.5. The minimum atomic E-state index is -0.965. The molecule has 5 N–H and O–H groups in total. The fourth-order valence-electron chi connectivity index (χ4n) is 9.08. The molecule has 194 valence electrons. The van der Waals surface area contributed by atoms with E-state index in [0.717, 1.165) is 51.4 Å². The largest absolute Gasteiger partial charge is 0.481 e. The van der Waals surface area contributed by atoms with Crippen LogP contribution in [0.25, 0.3) is 0 Å². The molecule has 0 aliphatic heterocycles. The van der Waals surface area contributed by atoms with Crippen molar-refractivity contribution in [2.75, 3.05) is 6.54 Å². The highest BCUT2D eigenvalue weighted by Gasteiger charge is 2.65. The van der Waals surface area contributed by atoms with Crippen LogP contribution >= 0.6 is 0 Å². The van der Waals surface area contributed by atoms with Gasteiger partial charge in [-0.2, -0.15) is 0 Å². The zero-order valence-corrected chi connectivity index (χ0v) is 21.1. The van der Waals surface area contributed by atoms with E-state index >= 15 is 0 Å². The van der Waals surface area contributed by atoms with Crippen LogP contribution in [0.4, 0.5) is 0 Å². The van der Waals surface area contributed by atoms with E-state index in [9.17, 15) is 24.9 Å². The van der Waals surface area contributed by atoms with Crippen molar-refractivity contribution in [1.82, 2.24) is 5.32 Å². The lowest BCUT2D eigenvalue weighted by Gasteiger charge is -2.63. The van der Waals surface area contributed by atoms with Gasteiger partial charge in [0, 0.05) is 13.0 Å². The van der Waals surface area contributed by atoms with Gasteiger partial charge in [-0.3, -0.25) is 9.59 Å². The number of carbonyl (C=O) groups excluding carboxylic acids is 1. The summed E-state index contributed by atoms with van der Waals surface area (Å²) in [6.07, 6.45) is 5.72. The van der Waals surface area contributed by atoms with Crippen molar-refractivity contribution < 1.29 is 30.0 Å². The van der Waals surface area contributed by atoms with Crippen molar-refractivity contribution in [3.05, 3.63) is 0 Å². The van der Waals surface area contributed by atoms with Crippen molar-refractivity contribution in [2.24, 2.45) is 46.3 Å². The Morgan fingerprint density at radius 1 is 1.00 bits per heavy atom. The summed E-state index contributed by atoms with van der Waals surface area (Å²) in [4.78, 5) is 22.6. The summed E-state index contributed by atoms with van der Waals surface area (Å²) in [5, 5.41) is 44.8. The molecule has 4 saturated carbocycles. The Labute approximate surface area is 203 Å². The number of hydrogen-bond acceptors (Lipinski definition) is 5. The molecular formula is C27H45NO6. The molecule has 0 aromatic heterocycles. The zero-order chi connectivity index (χ0) is 24.8. The summed E-state index contributed by atoms with van der Waals surface area (Å²) in [5.74, 6) is 0.569. The number of carboxylic acid groups (broad SMARTS) is 1. The van der Waals surface area contributed by atoms with Crippen molar-refractivity contribution in [1.29, 1.82) is 0 Å². The van der Waals surface area contributed by atoms with Crippen LogP contribution in [-0.2, 0) is 9.59 Å². The van der Waals surface area contributed by atoms with Gasteiger partial charge in [0.1, 0.15) is 0 Å². The maximum Gasteiger partial charge on any atom is 0.303 e. The zero-order valence-electron chi connectivity index (χ0n) is 21.1. The average Bonchev–Trinajstić information content (AvgIpc) is 3.13. The van der Waals surface area contributed by atoms with Crippen molar-refractivity contribution in [3.63, 3.8) is 0 Å². The molecule has 34 heavy (non-hydrogen) atoms. The summed E-state index contributed by atoms with van der Waals surface area (Å²) >= 11 is 0. The Hall–Kier alpha value is -1.18. The lowest BCUT2D eigenvalue weighted by molar-refractivity contribution is -0.207. The maximum atomic E-state index is 11.9. The molecule has 7 heteroatoms. The highest BCUT2D eigenvalue weighted by molar-refractivity contribution is 5.80. The van der Waals surface area contributed by atoms with Crippen LogP contribution in [-0.4, -0.2) is 57.2 Å². The first kappa shape index (κ1) is 25.9. The molecule has 0 aromatic carbocycles. The third-order valence-corrected chi connectivity index (χ3v) is 11.0. The fourth-order valence-corrected chi connectivity index (χ4v) is 9.08. The lowest BCUT2D eigenvalue weighted by atomic mass is 9.43. The first-order chi connectivity index (χ1) is 16.0. The smallest absolute Gasteiger partial charge is 0.303 e. The minimum Gasteiger partial charge on any atom is -0.481 e. The molecule has 0 aromatic rings. The van der Waals surface area contributed by atoms with Gasteiger partial charge < -0.3 is 25.7 Å². The van der Waals surface area contributed by atoms with Crippen LogP contribution in [0.2, 0.25) is 0 Å². The van der Waals surface area contributed by atoms with Crippen LogP contribution in [0.5, 0.6) is 0 Å². The predicted octanol–water partition coefficient (Wildman–Crippen LogP) is 2.96. The number of rotatable bonds is 7. The molecule has 0 heterocycles. The normalized spacial score (nSPS) is 46.6.